The van der Waals surface area contributed by atoms with E-state index >= 15 is 0 Å². The molecule has 8 nitrogen and oxygen atoms in total. The highest BCUT2D eigenvalue weighted by Gasteiger charge is 2.30. The lowest BCUT2D eigenvalue weighted by Crippen LogP contribution is -2.56. The Morgan fingerprint density at radius 1 is 0.707 bits per heavy atom. The normalized spacial score (nSPS) is 21.1. The number of anilines is 2. The van der Waals surface area contributed by atoms with Gasteiger partial charge in [0.2, 0.25) is 0 Å². The van der Waals surface area contributed by atoms with E-state index < -0.39 is 0 Å². The number of rotatable bonds is 11. The van der Waals surface area contributed by atoms with Crippen LogP contribution in [0.15, 0.2) is 36.4 Å². The second-order valence-corrected chi connectivity index (χ2v) is 12.2. The Labute approximate surface area is 246 Å². The number of aryl methyl sites for hydroxylation is 1. The summed E-state index contributed by atoms with van der Waals surface area (Å²) in [4.78, 5) is 10.3. The zero-order chi connectivity index (χ0) is 28.0. The molecule has 4 heterocycles. The highest BCUT2D eigenvalue weighted by Crippen LogP contribution is 2.37. The first-order valence-corrected chi connectivity index (χ1v) is 16.1. The van der Waals surface area contributed by atoms with E-state index in [1.54, 1.807) is 0 Å². The first-order chi connectivity index (χ1) is 20.2. The first-order valence-electron chi connectivity index (χ1n) is 16.1. The number of hydrogen-bond acceptors (Lipinski definition) is 8. The molecule has 41 heavy (non-hydrogen) atoms. The average Bonchev–Trinajstić information content (AvgIpc) is 3.51. The summed E-state index contributed by atoms with van der Waals surface area (Å²) < 4.78 is 12.1. The van der Waals surface area contributed by atoms with E-state index in [0.29, 0.717) is 6.04 Å². The quantitative estimate of drug-likeness (QED) is 0.433. The molecule has 0 aliphatic carbocycles. The molecule has 0 radical (unpaired) electrons. The minimum absolute atomic E-state index is 0.187. The summed E-state index contributed by atoms with van der Waals surface area (Å²) in [6.07, 6.45) is 7.62. The molecule has 0 amide bonds. The van der Waals surface area contributed by atoms with Crippen LogP contribution >= 0.6 is 0 Å². The number of ether oxygens (including phenoxy) is 2. The number of benzene rings is 2. The molecule has 0 bridgehead atoms. The highest BCUT2D eigenvalue weighted by atomic mass is 16.5. The molecule has 4 N–H and O–H groups in total. The van der Waals surface area contributed by atoms with Crippen LogP contribution in [-0.4, -0.2) is 101 Å². The van der Waals surface area contributed by atoms with Gasteiger partial charge in [-0.25, -0.2) is 0 Å². The minimum Gasteiger partial charge on any atom is -0.491 e. The Morgan fingerprint density at radius 2 is 1.34 bits per heavy atom. The molecule has 2 aromatic rings. The molecule has 2 saturated heterocycles. The Kier molecular flexibility index (Phi) is 9.51. The molecular weight excluding hydrogens is 512 g/mol. The fraction of sp³-hybridized carbons (Fsp3) is 0.636. The molecule has 6 rings (SSSR count). The van der Waals surface area contributed by atoms with Crippen molar-refractivity contribution in [3.8, 4) is 11.5 Å². The number of nitrogens with two attached hydrogens (primary N) is 2. The van der Waals surface area contributed by atoms with Gasteiger partial charge in [-0.1, -0.05) is 24.3 Å². The van der Waals surface area contributed by atoms with Crippen LogP contribution in [0.25, 0.3) is 0 Å². The summed E-state index contributed by atoms with van der Waals surface area (Å²) >= 11 is 0. The third kappa shape index (κ3) is 6.61. The number of piperazine rings is 2. The molecule has 2 unspecified atom stereocenters. The number of hydrogen-bond donors (Lipinski definition) is 2. The van der Waals surface area contributed by atoms with E-state index in [4.69, 9.17) is 20.9 Å². The molecule has 0 spiro atoms. The fourth-order valence-electron chi connectivity index (χ4n) is 7.31. The highest BCUT2D eigenvalue weighted by molar-refractivity contribution is 5.64. The van der Waals surface area contributed by atoms with Crippen molar-refractivity contribution in [2.75, 3.05) is 88.5 Å². The van der Waals surface area contributed by atoms with Gasteiger partial charge < -0.3 is 30.7 Å². The lowest BCUT2D eigenvalue weighted by molar-refractivity contribution is 0.143. The van der Waals surface area contributed by atoms with E-state index in [9.17, 15) is 0 Å². The second kappa shape index (κ2) is 13.6. The van der Waals surface area contributed by atoms with Crippen LogP contribution in [0.1, 0.15) is 43.2 Å². The largest absolute Gasteiger partial charge is 0.491 e. The van der Waals surface area contributed by atoms with Crippen molar-refractivity contribution in [3.63, 3.8) is 0 Å². The van der Waals surface area contributed by atoms with Gasteiger partial charge in [-0.05, 0) is 74.9 Å². The summed E-state index contributed by atoms with van der Waals surface area (Å²) in [5.41, 5.74) is 18.1. The van der Waals surface area contributed by atoms with Gasteiger partial charge in [-0.2, -0.15) is 0 Å². The van der Waals surface area contributed by atoms with Crippen molar-refractivity contribution >= 4 is 11.4 Å². The monoisotopic (exact) mass is 562 g/mol. The lowest BCUT2D eigenvalue weighted by atomic mass is 9.96. The summed E-state index contributed by atoms with van der Waals surface area (Å²) in [7, 11) is 0. The average molecular weight is 563 g/mol. The van der Waals surface area contributed by atoms with Crippen molar-refractivity contribution in [1.82, 2.24) is 9.80 Å². The minimum atomic E-state index is 0.187. The standard InChI is InChI=1S/C33H50N6O2/c34-14-3-12-29(37-20-22-39(23-21-37)31-11-2-7-27-13-25-41-33(27)31)28(35)9-4-15-36-16-18-38(19-17-36)30-10-1-6-26-8-5-24-40-32(26)30/h1-2,6-7,10-11,28-29H,3-5,8-9,12-25,34-35H2. The molecule has 8 heteroatoms. The Balaban J connectivity index is 0.967. The van der Waals surface area contributed by atoms with Crippen molar-refractivity contribution in [2.24, 2.45) is 11.5 Å². The van der Waals surface area contributed by atoms with Gasteiger partial charge in [0.15, 0.2) is 0 Å². The summed E-state index contributed by atoms with van der Waals surface area (Å²) in [5, 5.41) is 0. The predicted molar refractivity (Wildman–Crippen MR) is 168 cm³/mol. The lowest BCUT2D eigenvalue weighted by Gasteiger charge is -2.42. The third-order valence-electron chi connectivity index (χ3n) is 9.65. The van der Waals surface area contributed by atoms with E-state index in [1.165, 1.54) is 22.5 Å². The van der Waals surface area contributed by atoms with Gasteiger partial charge in [0, 0.05) is 70.9 Å². The number of para-hydroxylation sites is 2. The third-order valence-corrected chi connectivity index (χ3v) is 9.65. The maximum Gasteiger partial charge on any atom is 0.145 e. The Morgan fingerprint density at radius 3 is 2.02 bits per heavy atom. The second-order valence-electron chi connectivity index (χ2n) is 12.2. The molecule has 4 aliphatic rings. The maximum atomic E-state index is 6.93. The molecule has 2 atom stereocenters. The summed E-state index contributed by atoms with van der Waals surface area (Å²) in [6.45, 7) is 12.0. The van der Waals surface area contributed by atoms with Gasteiger partial charge in [-0.3, -0.25) is 9.80 Å². The van der Waals surface area contributed by atoms with Gasteiger partial charge >= 0.3 is 0 Å². The van der Waals surface area contributed by atoms with Crippen LogP contribution in [0.4, 0.5) is 11.4 Å². The summed E-state index contributed by atoms with van der Waals surface area (Å²) in [6, 6.07) is 13.8. The van der Waals surface area contributed by atoms with Crippen LogP contribution in [0.3, 0.4) is 0 Å². The molecular formula is C33H50N6O2. The van der Waals surface area contributed by atoms with E-state index in [-0.39, 0.29) is 6.04 Å². The van der Waals surface area contributed by atoms with Crippen molar-refractivity contribution < 1.29 is 9.47 Å². The number of fused-ring (bicyclic) bond motifs is 2. The molecule has 2 fully saturated rings. The van der Waals surface area contributed by atoms with Crippen LogP contribution in [0.5, 0.6) is 11.5 Å². The summed E-state index contributed by atoms with van der Waals surface area (Å²) in [5.74, 6) is 2.23. The van der Waals surface area contributed by atoms with Crippen LogP contribution < -0.4 is 30.7 Å². The van der Waals surface area contributed by atoms with Gasteiger partial charge in [0.05, 0.1) is 24.6 Å². The van der Waals surface area contributed by atoms with Crippen molar-refractivity contribution in [2.45, 2.75) is 57.0 Å². The molecule has 2 aromatic carbocycles. The first kappa shape index (κ1) is 28.6. The molecule has 0 aromatic heterocycles. The van der Waals surface area contributed by atoms with E-state index in [1.807, 2.05) is 0 Å². The predicted octanol–water partition coefficient (Wildman–Crippen LogP) is 3.11. The molecule has 4 aliphatic heterocycles. The van der Waals surface area contributed by atoms with Gasteiger partial charge in [0.25, 0.3) is 0 Å². The molecule has 224 valence electrons. The smallest absolute Gasteiger partial charge is 0.145 e. The van der Waals surface area contributed by atoms with E-state index in [2.05, 4.69) is 56.0 Å². The topological polar surface area (TPSA) is 83.5 Å². The zero-order valence-corrected chi connectivity index (χ0v) is 24.8. The number of nitrogens with zero attached hydrogens (tertiary/aromatic N) is 4. The van der Waals surface area contributed by atoms with Crippen molar-refractivity contribution in [3.05, 3.63) is 47.5 Å². The Bertz CT molecular complexity index is 1130. The van der Waals surface area contributed by atoms with Crippen LogP contribution in [0, 0.1) is 0 Å². The Hall–Kier alpha value is -2.52. The SMILES string of the molecule is NCCCC(C(N)CCCN1CCN(c2cccc3c2OCCC3)CC1)N1CCN(c2cccc3c2OCC3)CC1. The van der Waals surface area contributed by atoms with E-state index in [0.717, 1.165) is 135 Å². The maximum absolute atomic E-state index is 6.93. The van der Waals surface area contributed by atoms with Crippen molar-refractivity contribution in [1.29, 1.82) is 0 Å². The fourth-order valence-corrected chi connectivity index (χ4v) is 7.31. The van der Waals surface area contributed by atoms with Crippen LogP contribution in [0.2, 0.25) is 0 Å². The van der Waals surface area contributed by atoms with Gasteiger partial charge in [0.1, 0.15) is 11.5 Å². The molecule has 0 saturated carbocycles. The zero-order valence-electron chi connectivity index (χ0n) is 24.8. The van der Waals surface area contributed by atoms with Gasteiger partial charge in [-0.15, -0.1) is 0 Å². The van der Waals surface area contributed by atoms with Crippen LogP contribution in [-0.2, 0) is 12.8 Å².